The molecule has 19 heavy (non-hydrogen) atoms. The summed E-state index contributed by atoms with van der Waals surface area (Å²) in [6, 6.07) is 5.53. The third-order valence-corrected chi connectivity index (χ3v) is 4.42. The van der Waals surface area contributed by atoms with Crippen LogP contribution in [0.1, 0.15) is 25.3 Å². The zero-order valence-corrected chi connectivity index (χ0v) is 12.4. The minimum atomic E-state index is -3.32. The molecule has 0 amide bonds. The molecule has 102 valence electrons. The number of hydrogen-bond acceptors (Lipinski definition) is 5. The van der Waals surface area contributed by atoms with Gasteiger partial charge in [-0.3, -0.25) is 9.52 Å². The van der Waals surface area contributed by atoms with E-state index < -0.39 is 10.0 Å². The molecule has 1 aromatic heterocycles. The number of thiazole rings is 1. The van der Waals surface area contributed by atoms with Gasteiger partial charge in [0.2, 0.25) is 10.0 Å². The Kier molecular flexibility index (Phi) is 3.60. The number of rotatable bonds is 4. The number of nitrogens with one attached hydrogen (secondary N) is 1. The van der Waals surface area contributed by atoms with Crippen LogP contribution in [0.2, 0.25) is 0 Å². The molecule has 0 aliphatic rings. The Morgan fingerprint density at radius 2 is 2.11 bits per heavy atom. The van der Waals surface area contributed by atoms with Crippen molar-refractivity contribution in [2.24, 2.45) is 0 Å². The number of aromatic nitrogens is 1. The molecule has 0 radical (unpaired) electrons. The first-order valence-electron chi connectivity index (χ1n) is 5.65. The Bertz CT molecular complexity index is 735. The van der Waals surface area contributed by atoms with Crippen LogP contribution in [0.3, 0.4) is 0 Å². The molecule has 0 bridgehead atoms. The van der Waals surface area contributed by atoms with E-state index in [1.807, 2.05) is 19.1 Å². The van der Waals surface area contributed by atoms with Gasteiger partial charge < -0.3 is 0 Å². The Morgan fingerprint density at radius 1 is 1.42 bits per heavy atom. The second-order valence-electron chi connectivity index (χ2n) is 4.45. The third kappa shape index (κ3) is 3.30. The number of carbonyl (C=O) groups is 1. The van der Waals surface area contributed by atoms with E-state index in [9.17, 15) is 13.2 Å². The number of Topliss-reactive ketones (excluding diaryl/α,β-unsaturated/α-hetero) is 1. The van der Waals surface area contributed by atoms with Gasteiger partial charge in [-0.25, -0.2) is 13.4 Å². The van der Waals surface area contributed by atoms with Gasteiger partial charge in [0.1, 0.15) is 5.78 Å². The Hall–Kier alpha value is -1.47. The highest BCUT2D eigenvalue weighted by atomic mass is 32.2. The smallest absolute Gasteiger partial charge is 0.231 e. The van der Waals surface area contributed by atoms with E-state index in [0.717, 1.165) is 22.0 Å². The summed E-state index contributed by atoms with van der Waals surface area (Å²) in [5.41, 5.74) is 1.63. The van der Waals surface area contributed by atoms with E-state index in [1.165, 1.54) is 11.3 Å². The summed E-state index contributed by atoms with van der Waals surface area (Å²) < 4.78 is 25.5. The molecule has 7 heteroatoms. The van der Waals surface area contributed by atoms with Gasteiger partial charge in [-0.15, -0.1) is 0 Å². The molecule has 1 N–H and O–H groups in total. The summed E-state index contributed by atoms with van der Waals surface area (Å²) in [5, 5.41) is 0.338. The molecular weight excluding hydrogens is 284 g/mol. The molecule has 5 nitrogen and oxygen atoms in total. The summed E-state index contributed by atoms with van der Waals surface area (Å²) in [6.07, 6.45) is 1.09. The average Bonchev–Trinajstić information content (AvgIpc) is 2.65. The van der Waals surface area contributed by atoms with Gasteiger partial charge in [0.05, 0.1) is 16.5 Å². The number of ketones is 1. The molecule has 2 aromatic rings. The van der Waals surface area contributed by atoms with Gasteiger partial charge in [-0.1, -0.05) is 24.3 Å². The lowest BCUT2D eigenvalue weighted by molar-refractivity contribution is -0.118. The maximum Gasteiger partial charge on any atom is 0.231 e. The number of sulfonamides is 1. The molecule has 0 saturated carbocycles. The van der Waals surface area contributed by atoms with Crippen LogP contribution in [0, 0.1) is 0 Å². The number of fused-ring (bicyclic) bond motifs is 1. The van der Waals surface area contributed by atoms with Crippen LogP contribution in [0.15, 0.2) is 18.2 Å². The van der Waals surface area contributed by atoms with Gasteiger partial charge in [0.25, 0.3) is 0 Å². The molecule has 0 fully saturated rings. The van der Waals surface area contributed by atoms with Crippen molar-refractivity contribution in [3.63, 3.8) is 0 Å². The van der Waals surface area contributed by atoms with Gasteiger partial charge in [0, 0.05) is 5.92 Å². The van der Waals surface area contributed by atoms with Crippen LogP contribution in [-0.4, -0.2) is 25.4 Å². The lowest BCUT2D eigenvalue weighted by atomic mass is 9.98. The van der Waals surface area contributed by atoms with Crippen molar-refractivity contribution in [3.05, 3.63) is 23.8 Å². The van der Waals surface area contributed by atoms with Gasteiger partial charge in [0.15, 0.2) is 5.13 Å². The first-order valence-corrected chi connectivity index (χ1v) is 8.36. The zero-order valence-electron chi connectivity index (χ0n) is 10.8. The quantitative estimate of drug-likeness (QED) is 0.940. The van der Waals surface area contributed by atoms with Crippen molar-refractivity contribution in [1.29, 1.82) is 0 Å². The molecule has 1 unspecified atom stereocenters. The number of carbonyl (C=O) groups excluding carboxylic acids is 1. The van der Waals surface area contributed by atoms with Crippen LogP contribution in [0.25, 0.3) is 10.2 Å². The van der Waals surface area contributed by atoms with Gasteiger partial charge in [-0.2, -0.15) is 0 Å². The van der Waals surface area contributed by atoms with Crippen molar-refractivity contribution < 1.29 is 13.2 Å². The van der Waals surface area contributed by atoms with Crippen LogP contribution in [0.4, 0.5) is 5.13 Å². The second-order valence-corrected chi connectivity index (χ2v) is 7.23. The standard InChI is InChI=1S/C12H14N2O3S2/c1-7(8(2)15)9-4-5-10-11(6-9)18-12(13-10)14-19(3,16)17/h4-7H,1-3H3,(H,13,14). The highest BCUT2D eigenvalue weighted by Gasteiger charge is 2.13. The predicted octanol–water partition coefficient (Wildman–Crippen LogP) is 2.36. The minimum absolute atomic E-state index is 0.0957. The number of benzene rings is 1. The maximum atomic E-state index is 11.4. The zero-order chi connectivity index (χ0) is 14.2. The first kappa shape index (κ1) is 14.0. The summed E-state index contributed by atoms with van der Waals surface area (Å²) >= 11 is 1.25. The molecule has 0 spiro atoms. The van der Waals surface area contributed by atoms with Crippen molar-refractivity contribution in [2.45, 2.75) is 19.8 Å². The highest BCUT2D eigenvalue weighted by molar-refractivity contribution is 7.92. The number of anilines is 1. The molecule has 1 aromatic carbocycles. The summed E-state index contributed by atoms with van der Waals surface area (Å²) in [4.78, 5) is 15.6. The fourth-order valence-electron chi connectivity index (χ4n) is 1.65. The molecule has 0 aliphatic heterocycles. The first-order chi connectivity index (χ1) is 8.76. The lowest BCUT2D eigenvalue weighted by Gasteiger charge is -2.06. The highest BCUT2D eigenvalue weighted by Crippen LogP contribution is 2.29. The SMILES string of the molecule is CC(=O)C(C)c1ccc2nc(NS(C)(=O)=O)sc2c1. The van der Waals surface area contributed by atoms with E-state index >= 15 is 0 Å². The van der Waals surface area contributed by atoms with Crippen molar-refractivity contribution in [3.8, 4) is 0 Å². The largest absolute Gasteiger partial charge is 0.299 e. The van der Waals surface area contributed by atoms with Crippen molar-refractivity contribution in [2.75, 3.05) is 11.0 Å². The Morgan fingerprint density at radius 3 is 2.68 bits per heavy atom. The fraction of sp³-hybridized carbons (Fsp3) is 0.333. The molecule has 0 saturated heterocycles. The summed E-state index contributed by atoms with van der Waals surface area (Å²) in [5.74, 6) is -0.0730. The summed E-state index contributed by atoms with van der Waals surface area (Å²) in [7, 11) is -3.32. The number of hydrogen-bond donors (Lipinski definition) is 1. The van der Waals surface area contributed by atoms with E-state index in [1.54, 1.807) is 13.0 Å². The fourth-order valence-corrected chi connectivity index (χ4v) is 3.40. The van der Waals surface area contributed by atoms with E-state index in [-0.39, 0.29) is 11.7 Å². The third-order valence-electron chi connectivity index (χ3n) is 2.79. The van der Waals surface area contributed by atoms with Crippen LogP contribution < -0.4 is 4.72 Å². The Balaban J connectivity index is 2.41. The van der Waals surface area contributed by atoms with Crippen LogP contribution in [0.5, 0.6) is 0 Å². The number of nitrogens with zero attached hydrogens (tertiary/aromatic N) is 1. The monoisotopic (exact) mass is 298 g/mol. The molecule has 2 rings (SSSR count). The average molecular weight is 298 g/mol. The normalized spacial score (nSPS) is 13.4. The molecule has 1 heterocycles. The topological polar surface area (TPSA) is 76.1 Å². The van der Waals surface area contributed by atoms with E-state index in [4.69, 9.17) is 0 Å². The van der Waals surface area contributed by atoms with Crippen LogP contribution in [-0.2, 0) is 14.8 Å². The van der Waals surface area contributed by atoms with Crippen molar-refractivity contribution in [1.82, 2.24) is 4.98 Å². The molecular formula is C12H14N2O3S2. The van der Waals surface area contributed by atoms with Gasteiger partial charge >= 0.3 is 0 Å². The van der Waals surface area contributed by atoms with Gasteiger partial charge in [-0.05, 0) is 24.6 Å². The molecule has 1 atom stereocenters. The lowest BCUT2D eigenvalue weighted by Crippen LogP contribution is -2.08. The summed E-state index contributed by atoms with van der Waals surface area (Å²) in [6.45, 7) is 3.40. The molecule has 0 aliphatic carbocycles. The van der Waals surface area contributed by atoms with E-state index in [0.29, 0.717) is 5.13 Å². The Labute approximate surface area is 115 Å². The van der Waals surface area contributed by atoms with Crippen molar-refractivity contribution >= 4 is 42.5 Å². The predicted molar refractivity (Wildman–Crippen MR) is 77.2 cm³/mol. The minimum Gasteiger partial charge on any atom is -0.299 e. The van der Waals surface area contributed by atoms with Crippen LogP contribution >= 0.6 is 11.3 Å². The second kappa shape index (κ2) is 4.90. The maximum absolute atomic E-state index is 11.4. The van der Waals surface area contributed by atoms with E-state index in [2.05, 4.69) is 9.71 Å².